The topological polar surface area (TPSA) is 49.8 Å². The predicted octanol–water partition coefficient (Wildman–Crippen LogP) is 1.74. The van der Waals surface area contributed by atoms with E-state index in [1.54, 1.807) is 11.8 Å². The van der Waals surface area contributed by atoms with Gasteiger partial charge in [0.15, 0.2) is 0 Å². The summed E-state index contributed by atoms with van der Waals surface area (Å²) in [6.45, 7) is 2.97. The summed E-state index contributed by atoms with van der Waals surface area (Å²) < 4.78 is 4.93. The number of ether oxygens (including phenoxy) is 1. The van der Waals surface area contributed by atoms with E-state index in [0.717, 1.165) is 5.56 Å². The van der Waals surface area contributed by atoms with Gasteiger partial charge in [-0.15, -0.1) is 0 Å². The van der Waals surface area contributed by atoms with Crippen molar-refractivity contribution in [2.45, 2.75) is 18.9 Å². The van der Waals surface area contributed by atoms with E-state index in [2.05, 4.69) is 0 Å². The quantitative estimate of drug-likeness (QED) is 0.849. The molecule has 0 radical (unpaired) electrons. The van der Waals surface area contributed by atoms with Gasteiger partial charge in [0.1, 0.15) is 5.60 Å². The van der Waals surface area contributed by atoms with Crippen molar-refractivity contribution in [1.29, 1.82) is 0 Å². The maximum atomic E-state index is 11.6. The summed E-state index contributed by atoms with van der Waals surface area (Å²) in [5, 5.41) is 10.5. The third kappa shape index (κ3) is 2.42. The van der Waals surface area contributed by atoms with Gasteiger partial charge in [0, 0.05) is 6.54 Å². The molecule has 0 saturated carbocycles. The van der Waals surface area contributed by atoms with E-state index in [1.165, 1.54) is 0 Å². The van der Waals surface area contributed by atoms with Crippen LogP contribution in [-0.4, -0.2) is 35.8 Å². The lowest BCUT2D eigenvalue weighted by atomic mass is 9.93. The van der Waals surface area contributed by atoms with Crippen LogP contribution in [0.4, 0.5) is 4.79 Å². The number of carbonyl (C=O) groups is 1. The summed E-state index contributed by atoms with van der Waals surface area (Å²) in [5.74, 6) is 0. The molecule has 1 aromatic rings. The molecule has 1 aliphatic rings. The zero-order chi connectivity index (χ0) is 12.3. The van der Waals surface area contributed by atoms with Gasteiger partial charge in [-0.05, 0) is 18.9 Å². The van der Waals surface area contributed by atoms with E-state index in [0.29, 0.717) is 26.1 Å². The summed E-state index contributed by atoms with van der Waals surface area (Å²) >= 11 is 0. The van der Waals surface area contributed by atoms with Crippen LogP contribution in [0.15, 0.2) is 30.3 Å². The predicted molar refractivity (Wildman–Crippen MR) is 63.6 cm³/mol. The van der Waals surface area contributed by atoms with Crippen LogP contribution in [0.2, 0.25) is 0 Å². The van der Waals surface area contributed by atoms with Crippen LogP contribution in [0.3, 0.4) is 0 Å². The minimum atomic E-state index is -0.936. The highest BCUT2D eigenvalue weighted by molar-refractivity contribution is 5.68. The number of benzene rings is 1. The van der Waals surface area contributed by atoms with E-state index in [-0.39, 0.29) is 6.09 Å². The average molecular weight is 235 g/mol. The maximum absolute atomic E-state index is 11.6. The fourth-order valence-electron chi connectivity index (χ4n) is 2.15. The fraction of sp³-hybridized carbons (Fsp3) is 0.462. The molecule has 1 aromatic carbocycles. The number of β-amino-alcohol motifs (C(OH)–C–C–N with tert-alkyl or cyclic N) is 1. The Morgan fingerprint density at radius 3 is 2.82 bits per heavy atom. The number of hydrogen-bond acceptors (Lipinski definition) is 3. The molecular weight excluding hydrogens is 218 g/mol. The fourth-order valence-corrected chi connectivity index (χ4v) is 2.15. The number of hydrogen-bond donors (Lipinski definition) is 1. The largest absolute Gasteiger partial charge is 0.450 e. The van der Waals surface area contributed by atoms with Crippen molar-refractivity contribution in [2.75, 3.05) is 19.7 Å². The number of aliphatic hydroxyl groups is 1. The van der Waals surface area contributed by atoms with E-state index in [1.807, 2.05) is 30.3 Å². The first-order valence-electron chi connectivity index (χ1n) is 5.85. The van der Waals surface area contributed by atoms with Crippen molar-refractivity contribution in [3.8, 4) is 0 Å². The minimum absolute atomic E-state index is 0.301. The van der Waals surface area contributed by atoms with Crippen molar-refractivity contribution in [1.82, 2.24) is 4.90 Å². The van der Waals surface area contributed by atoms with Crippen LogP contribution >= 0.6 is 0 Å². The van der Waals surface area contributed by atoms with Gasteiger partial charge >= 0.3 is 6.09 Å². The first-order chi connectivity index (χ1) is 8.15. The molecule has 1 saturated heterocycles. The summed E-state index contributed by atoms with van der Waals surface area (Å²) in [6.07, 6.45) is 0.204. The molecule has 1 unspecified atom stereocenters. The van der Waals surface area contributed by atoms with Gasteiger partial charge in [-0.25, -0.2) is 4.79 Å². The SMILES string of the molecule is CCOC(=O)N1CCC(O)(c2ccccc2)C1. The first-order valence-corrected chi connectivity index (χ1v) is 5.85. The Labute approximate surface area is 101 Å². The van der Waals surface area contributed by atoms with E-state index >= 15 is 0 Å². The minimum Gasteiger partial charge on any atom is -0.450 e. The number of rotatable bonds is 2. The van der Waals surface area contributed by atoms with Crippen molar-refractivity contribution in [3.63, 3.8) is 0 Å². The van der Waals surface area contributed by atoms with E-state index < -0.39 is 5.60 Å². The van der Waals surface area contributed by atoms with E-state index in [4.69, 9.17) is 4.74 Å². The highest BCUT2D eigenvalue weighted by Gasteiger charge is 2.39. The Balaban J connectivity index is 2.08. The molecule has 2 rings (SSSR count). The Hall–Kier alpha value is -1.55. The molecular formula is C13H17NO3. The molecule has 1 heterocycles. The first kappa shape index (κ1) is 11.9. The zero-order valence-corrected chi connectivity index (χ0v) is 9.93. The standard InChI is InChI=1S/C13H17NO3/c1-2-17-12(15)14-9-8-13(16,10-14)11-6-4-3-5-7-11/h3-7,16H,2,8-10H2,1H3. The van der Waals surface area contributed by atoms with Crippen molar-refractivity contribution >= 4 is 6.09 Å². The average Bonchev–Trinajstić information content (AvgIpc) is 2.75. The molecule has 1 N–H and O–H groups in total. The smallest absolute Gasteiger partial charge is 0.409 e. The van der Waals surface area contributed by atoms with Crippen LogP contribution in [0, 0.1) is 0 Å². The molecule has 1 fully saturated rings. The normalized spacial score (nSPS) is 23.8. The van der Waals surface area contributed by atoms with Gasteiger partial charge in [-0.3, -0.25) is 0 Å². The lowest BCUT2D eigenvalue weighted by Crippen LogP contribution is -2.34. The maximum Gasteiger partial charge on any atom is 0.409 e. The van der Waals surface area contributed by atoms with Gasteiger partial charge in [0.05, 0.1) is 13.2 Å². The van der Waals surface area contributed by atoms with Crippen LogP contribution < -0.4 is 0 Å². The van der Waals surface area contributed by atoms with Gasteiger partial charge in [0.25, 0.3) is 0 Å². The number of carbonyl (C=O) groups excluding carboxylic acids is 1. The lowest BCUT2D eigenvalue weighted by Gasteiger charge is -2.23. The summed E-state index contributed by atoms with van der Waals surface area (Å²) in [4.78, 5) is 13.1. The molecule has 1 aliphatic heterocycles. The molecule has 4 heteroatoms. The number of nitrogens with zero attached hydrogens (tertiary/aromatic N) is 1. The summed E-state index contributed by atoms with van der Waals surface area (Å²) in [7, 11) is 0. The zero-order valence-electron chi connectivity index (χ0n) is 9.93. The molecule has 4 nitrogen and oxygen atoms in total. The monoisotopic (exact) mass is 235 g/mol. The van der Waals surface area contributed by atoms with Gasteiger partial charge in [0.2, 0.25) is 0 Å². The van der Waals surface area contributed by atoms with Crippen LogP contribution in [0.1, 0.15) is 18.9 Å². The molecule has 0 aliphatic carbocycles. The Morgan fingerprint density at radius 2 is 2.18 bits per heavy atom. The Morgan fingerprint density at radius 1 is 1.47 bits per heavy atom. The van der Waals surface area contributed by atoms with Crippen LogP contribution in [-0.2, 0) is 10.3 Å². The van der Waals surface area contributed by atoms with Gasteiger partial charge < -0.3 is 14.7 Å². The molecule has 0 bridgehead atoms. The number of likely N-dealkylation sites (tertiary alicyclic amines) is 1. The highest BCUT2D eigenvalue weighted by atomic mass is 16.6. The van der Waals surface area contributed by atoms with Gasteiger partial charge in [-0.2, -0.15) is 0 Å². The van der Waals surface area contributed by atoms with Crippen LogP contribution in [0.5, 0.6) is 0 Å². The molecule has 92 valence electrons. The third-order valence-electron chi connectivity index (χ3n) is 3.08. The Bertz CT molecular complexity index is 393. The lowest BCUT2D eigenvalue weighted by molar-refractivity contribution is 0.0423. The Kier molecular flexibility index (Phi) is 3.33. The highest BCUT2D eigenvalue weighted by Crippen LogP contribution is 2.31. The van der Waals surface area contributed by atoms with Crippen molar-refractivity contribution in [3.05, 3.63) is 35.9 Å². The molecule has 0 aromatic heterocycles. The van der Waals surface area contributed by atoms with Crippen molar-refractivity contribution < 1.29 is 14.6 Å². The van der Waals surface area contributed by atoms with Crippen molar-refractivity contribution in [2.24, 2.45) is 0 Å². The second kappa shape index (κ2) is 4.75. The second-order valence-electron chi connectivity index (χ2n) is 4.27. The molecule has 1 amide bonds. The molecule has 1 atom stereocenters. The second-order valence-corrected chi connectivity index (χ2v) is 4.27. The van der Waals surface area contributed by atoms with E-state index in [9.17, 15) is 9.90 Å². The molecule has 0 spiro atoms. The molecule has 17 heavy (non-hydrogen) atoms. The summed E-state index contributed by atoms with van der Waals surface area (Å²) in [6, 6.07) is 9.45. The summed E-state index contributed by atoms with van der Waals surface area (Å²) in [5.41, 5.74) is -0.0830. The third-order valence-corrected chi connectivity index (χ3v) is 3.08. The number of amides is 1. The van der Waals surface area contributed by atoms with Crippen LogP contribution in [0.25, 0.3) is 0 Å². The van der Waals surface area contributed by atoms with Gasteiger partial charge in [-0.1, -0.05) is 30.3 Å².